The van der Waals surface area contributed by atoms with Gasteiger partial charge in [-0.05, 0) is 30.7 Å². The molecule has 0 aliphatic rings. The number of benzene rings is 2. The molecule has 2 aromatic carbocycles. The Balaban J connectivity index is 1.85. The number of nitrogens with zero attached hydrogens (tertiary/aromatic N) is 1. The second kappa shape index (κ2) is 5.81. The third-order valence-corrected chi connectivity index (χ3v) is 3.18. The fourth-order valence-electron chi connectivity index (χ4n) is 2.18. The second-order valence-corrected chi connectivity index (χ2v) is 4.83. The van der Waals surface area contributed by atoms with Gasteiger partial charge < -0.3 is 9.15 Å². The van der Waals surface area contributed by atoms with Crippen LogP contribution >= 0.6 is 0 Å². The van der Waals surface area contributed by atoms with E-state index in [9.17, 15) is 9.59 Å². The molecule has 0 saturated heterocycles. The number of aryl methyl sites for hydroxylation is 1. The molecule has 0 N–H and O–H groups in total. The minimum absolute atomic E-state index is 0.0454. The lowest BCUT2D eigenvalue weighted by atomic mass is 10.1. The Bertz CT molecular complexity index is 884. The first kappa shape index (κ1) is 14.0. The van der Waals surface area contributed by atoms with Crippen LogP contribution in [0.5, 0.6) is 5.75 Å². The summed E-state index contributed by atoms with van der Waals surface area (Å²) in [5, 5.41) is 0.433. The zero-order valence-corrected chi connectivity index (χ0v) is 11.9. The van der Waals surface area contributed by atoms with Crippen LogP contribution in [0, 0.1) is 6.92 Å². The Hall–Kier alpha value is -2.95. The molecular formula is C17H13NO4. The molecule has 0 aliphatic heterocycles. The summed E-state index contributed by atoms with van der Waals surface area (Å²) >= 11 is 0. The number of ether oxygens (including phenoxy) is 1. The standard InChI is InChI=1S/C17H13NO4/c1-11-6-5-9-13-16(11)17(20)22-14(18-13)10-15(19)21-12-7-3-2-4-8-12/h2-9H,10H2,1H3. The molecule has 0 spiro atoms. The van der Waals surface area contributed by atoms with E-state index in [-0.39, 0.29) is 12.3 Å². The van der Waals surface area contributed by atoms with Crippen LogP contribution in [-0.2, 0) is 11.2 Å². The first-order valence-corrected chi connectivity index (χ1v) is 6.78. The monoisotopic (exact) mass is 295 g/mol. The lowest BCUT2D eigenvalue weighted by Crippen LogP contribution is -2.15. The molecule has 0 bridgehead atoms. The summed E-state index contributed by atoms with van der Waals surface area (Å²) < 4.78 is 10.3. The van der Waals surface area contributed by atoms with Gasteiger partial charge in [-0.1, -0.05) is 30.3 Å². The maximum Gasteiger partial charge on any atom is 0.347 e. The van der Waals surface area contributed by atoms with Gasteiger partial charge in [0.2, 0.25) is 5.89 Å². The van der Waals surface area contributed by atoms with E-state index in [2.05, 4.69) is 4.98 Å². The van der Waals surface area contributed by atoms with Crippen LogP contribution in [0.4, 0.5) is 0 Å². The van der Waals surface area contributed by atoms with E-state index in [1.54, 1.807) is 36.4 Å². The number of rotatable bonds is 3. The molecule has 0 saturated carbocycles. The van der Waals surface area contributed by atoms with Crippen LogP contribution in [0.15, 0.2) is 57.7 Å². The fraction of sp³-hybridized carbons (Fsp3) is 0.118. The molecule has 110 valence electrons. The van der Waals surface area contributed by atoms with Crippen LogP contribution in [0.3, 0.4) is 0 Å². The zero-order chi connectivity index (χ0) is 15.5. The molecule has 3 rings (SSSR count). The first-order chi connectivity index (χ1) is 10.6. The van der Waals surface area contributed by atoms with Crippen molar-refractivity contribution < 1.29 is 13.9 Å². The van der Waals surface area contributed by atoms with Crippen molar-refractivity contribution in [3.8, 4) is 5.75 Å². The van der Waals surface area contributed by atoms with Crippen molar-refractivity contribution in [2.75, 3.05) is 0 Å². The van der Waals surface area contributed by atoms with Crippen LogP contribution < -0.4 is 10.4 Å². The summed E-state index contributed by atoms with van der Waals surface area (Å²) in [5.74, 6) is -0.0515. The largest absolute Gasteiger partial charge is 0.426 e. The van der Waals surface area contributed by atoms with E-state index in [0.29, 0.717) is 16.7 Å². The van der Waals surface area contributed by atoms with Crippen molar-refractivity contribution in [3.05, 3.63) is 70.4 Å². The molecule has 3 aromatic rings. The summed E-state index contributed by atoms with van der Waals surface area (Å²) in [6.45, 7) is 1.81. The highest BCUT2D eigenvalue weighted by atomic mass is 16.5. The lowest BCUT2D eigenvalue weighted by Gasteiger charge is -2.04. The van der Waals surface area contributed by atoms with Crippen LogP contribution in [0.2, 0.25) is 0 Å². The maximum absolute atomic E-state index is 12.0. The molecule has 0 unspecified atom stereocenters. The summed E-state index contributed by atoms with van der Waals surface area (Å²) in [4.78, 5) is 28.1. The second-order valence-electron chi connectivity index (χ2n) is 4.83. The van der Waals surface area contributed by atoms with Gasteiger partial charge in [0.1, 0.15) is 12.2 Å². The van der Waals surface area contributed by atoms with E-state index >= 15 is 0 Å². The molecule has 0 amide bonds. The zero-order valence-electron chi connectivity index (χ0n) is 11.9. The summed E-state index contributed by atoms with van der Waals surface area (Å²) in [5.41, 5.74) is 0.807. The van der Waals surface area contributed by atoms with Gasteiger partial charge in [0.15, 0.2) is 0 Å². The molecule has 0 aliphatic carbocycles. The lowest BCUT2D eigenvalue weighted by molar-refractivity contribution is -0.134. The number of carbonyl (C=O) groups is 1. The summed E-state index contributed by atoms with van der Waals surface area (Å²) in [6, 6.07) is 14.0. The number of esters is 1. The average molecular weight is 295 g/mol. The van der Waals surface area contributed by atoms with Crippen LogP contribution in [0.25, 0.3) is 10.9 Å². The van der Waals surface area contributed by atoms with Gasteiger partial charge in [0.05, 0.1) is 10.9 Å². The number of hydrogen-bond acceptors (Lipinski definition) is 5. The van der Waals surface area contributed by atoms with Gasteiger partial charge in [0, 0.05) is 0 Å². The molecular weight excluding hydrogens is 282 g/mol. The van der Waals surface area contributed by atoms with Crippen molar-refractivity contribution in [2.45, 2.75) is 13.3 Å². The Labute approximate surface area is 126 Å². The van der Waals surface area contributed by atoms with Crippen molar-refractivity contribution in [1.29, 1.82) is 0 Å². The maximum atomic E-state index is 12.0. The van der Waals surface area contributed by atoms with Crippen molar-refractivity contribution in [2.24, 2.45) is 0 Å². The van der Waals surface area contributed by atoms with E-state index < -0.39 is 11.6 Å². The minimum atomic E-state index is -0.533. The number of carbonyl (C=O) groups excluding carboxylic acids is 1. The number of hydrogen-bond donors (Lipinski definition) is 0. The van der Waals surface area contributed by atoms with Gasteiger partial charge in [-0.2, -0.15) is 0 Å². The van der Waals surface area contributed by atoms with Gasteiger partial charge in [0.25, 0.3) is 0 Å². The topological polar surface area (TPSA) is 69.4 Å². The number of para-hydroxylation sites is 1. The Morgan fingerprint density at radius 2 is 1.91 bits per heavy atom. The third kappa shape index (κ3) is 2.88. The molecule has 22 heavy (non-hydrogen) atoms. The highest BCUT2D eigenvalue weighted by Crippen LogP contribution is 2.14. The predicted molar refractivity (Wildman–Crippen MR) is 80.8 cm³/mol. The molecule has 0 atom stereocenters. The van der Waals surface area contributed by atoms with Crippen LogP contribution in [0.1, 0.15) is 11.5 Å². The van der Waals surface area contributed by atoms with E-state index in [1.165, 1.54) is 0 Å². The van der Waals surface area contributed by atoms with Crippen LogP contribution in [-0.4, -0.2) is 11.0 Å². The van der Waals surface area contributed by atoms with E-state index in [0.717, 1.165) is 5.56 Å². The smallest absolute Gasteiger partial charge is 0.347 e. The van der Waals surface area contributed by atoms with Gasteiger partial charge >= 0.3 is 11.6 Å². The van der Waals surface area contributed by atoms with E-state index in [4.69, 9.17) is 9.15 Å². The quantitative estimate of drug-likeness (QED) is 0.549. The molecule has 1 heterocycles. The normalized spacial score (nSPS) is 10.6. The fourth-order valence-corrected chi connectivity index (χ4v) is 2.18. The predicted octanol–water partition coefficient (Wildman–Crippen LogP) is 2.64. The van der Waals surface area contributed by atoms with Gasteiger partial charge in [-0.15, -0.1) is 0 Å². The molecule has 5 heteroatoms. The Kier molecular flexibility index (Phi) is 3.70. The molecule has 5 nitrogen and oxygen atoms in total. The minimum Gasteiger partial charge on any atom is -0.426 e. The molecule has 0 fully saturated rings. The van der Waals surface area contributed by atoms with Gasteiger partial charge in [-0.25, -0.2) is 9.78 Å². The molecule has 0 radical (unpaired) electrons. The summed E-state index contributed by atoms with van der Waals surface area (Å²) in [6.07, 6.45) is -0.200. The SMILES string of the molecule is Cc1cccc2nc(CC(=O)Oc3ccccc3)oc(=O)c12. The van der Waals surface area contributed by atoms with Crippen molar-refractivity contribution >= 4 is 16.9 Å². The van der Waals surface area contributed by atoms with Crippen molar-refractivity contribution in [3.63, 3.8) is 0 Å². The highest BCUT2D eigenvalue weighted by Gasteiger charge is 2.13. The summed E-state index contributed by atoms with van der Waals surface area (Å²) in [7, 11) is 0. The highest BCUT2D eigenvalue weighted by molar-refractivity contribution is 5.81. The number of aromatic nitrogens is 1. The van der Waals surface area contributed by atoms with Gasteiger partial charge in [-0.3, -0.25) is 4.79 Å². The number of fused-ring (bicyclic) bond motifs is 1. The van der Waals surface area contributed by atoms with E-state index in [1.807, 2.05) is 19.1 Å². The average Bonchev–Trinajstić information content (AvgIpc) is 2.47. The molecule has 1 aromatic heterocycles. The Morgan fingerprint density at radius 1 is 1.14 bits per heavy atom. The third-order valence-electron chi connectivity index (χ3n) is 3.18. The Morgan fingerprint density at radius 3 is 2.68 bits per heavy atom. The first-order valence-electron chi connectivity index (χ1n) is 6.78. The van der Waals surface area contributed by atoms with Crippen molar-refractivity contribution in [1.82, 2.24) is 4.98 Å².